The zero-order valence-electron chi connectivity index (χ0n) is 24.1. The molecule has 0 saturated heterocycles. The van der Waals surface area contributed by atoms with E-state index >= 15 is 0 Å². The summed E-state index contributed by atoms with van der Waals surface area (Å²) in [5.74, 6) is -0.138. The zero-order valence-corrected chi connectivity index (χ0v) is 24.1. The highest BCUT2D eigenvalue weighted by Gasteiger charge is 2.31. The van der Waals surface area contributed by atoms with Crippen molar-refractivity contribution in [2.45, 2.75) is 56.3 Å². The molecule has 0 fully saturated rings. The largest absolute Gasteiger partial charge is 0.198 e. The number of allylic oxidation sites excluding steroid dienone is 1. The quantitative estimate of drug-likeness (QED) is 0.237. The molecule has 0 aliphatic heterocycles. The Bertz CT molecular complexity index is 1460. The molecule has 3 rings (SSSR count). The second kappa shape index (κ2) is 24.8. The SMILES string of the molecule is C=CC#N.N#CCCC(C#N)(CCC#N)c1ccccc1.N#CCCC(C#N)c1ccccc1.N#CCc1ccccc1. The molecular weight excluding hydrogens is 530 g/mol. The Morgan fingerprint density at radius 3 is 1.49 bits per heavy atom. The summed E-state index contributed by atoms with van der Waals surface area (Å²) >= 11 is 0. The van der Waals surface area contributed by atoms with E-state index in [2.05, 4.69) is 43.0 Å². The Hall–Kier alpha value is -6.17. The second-order valence-electron chi connectivity index (χ2n) is 8.82. The van der Waals surface area contributed by atoms with Crippen LogP contribution in [0.1, 0.15) is 61.1 Å². The Balaban J connectivity index is 0.000000600. The van der Waals surface area contributed by atoms with Crippen LogP contribution in [0.25, 0.3) is 0 Å². The van der Waals surface area contributed by atoms with E-state index in [0.29, 0.717) is 44.9 Å². The predicted octanol–water partition coefficient (Wildman–Crippen LogP) is 8.10. The molecule has 7 nitrogen and oxygen atoms in total. The van der Waals surface area contributed by atoms with Crippen molar-refractivity contribution in [1.29, 1.82) is 36.8 Å². The van der Waals surface area contributed by atoms with Crippen LogP contribution < -0.4 is 0 Å². The van der Waals surface area contributed by atoms with Crippen LogP contribution in [0.4, 0.5) is 0 Å². The lowest BCUT2D eigenvalue weighted by atomic mass is 9.75. The smallest absolute Gasteiger partial charge is 0.0905 e. The van der Waals surface area contributed by atoms with Crippen molar-refractivity contribution in [1.82, 2.24) is 0 Å². The van der Waals surface area contributed by atoms with E-state index < -0.39 is 5.41 Å². The van der Waals surface area contributed by atoms with Crippen molar-refractivity contribution >= 4 is 0 Å². The van der Waals surface area contributed by atoms with Crippen LogP contribution in [-0.4, -0.2) is 0 Å². The first-order valence-corrected chi connectivity index (χ1v) is 13.5. The van der Waals surface area contributed by atoms with Gasteiger partial charge in [-0.15, -0.1) is 0 Å². The van der Waals surface area contributed by atoms with Gasteiger partial charge in [-0.3, -0.25) is 0 Å². The fraction of sp³-hybridized carbons (Fsp3) is 0.250. The number of nitriles is 7. The van der Waals surface area contributed by atoms with Gasteiger partial charge < -0.3 is 0 Å². The van der Waals surface area contributed by atoms with Gasteiger partial charge >= 0.3 is 0 Å². The van der Waals surface area contributed by atoms with E-state index in [4.69, 9.17) is 31.6 Å². The van der Waals surface area contributed by atoms with Gasteiger partial charge in [0.25, 0.3) is 0 Å². The van der Waals surface area contributed by atoms with Crippen molar-refractivity contribution < 1.29 is 0 Å². The summed E-state index contributed by atoms with van der Waals surface area (Å²) in [6.45, 7) is 3.12. The van der Waals surface area contributed by atoms with Crippen molar-refractivity contribution in [3.05, 3.63) is 120 Å². The molecule has 0 saturated carbocycles. The number of nitrogens with zero attached hydrogens (tertiary/aromatic N) is 7. The maximum absolute atomic E-state index is 9.41. The standard InChI is InChI=1S/C14H13N3.C11H10N2.C8H7N.C3H3N/c15-10-4-8-14(12-17,9-5-11-16)13-6-2-1-3-7-13;12-8-4-7-11(9-13)10-5-2-1-3-6-10;9-7-6-8-4-2-1-3-5-8;1-2-3-4/h1-3,6-7H,4-5,8-9H2;1-3,5-6,11H,4,7H2;1-5H,6H2;2H,1H2. The zero-order chi connectivity index (χ0) is 32.0. The number of rotatable bonds is 9. The highest BCUT2D eigenvalue weighted by Crippen LogP contribution is 2.33. The van der Waals surface area contributed by atoms with Crippen LogP contribution in [0.3, 0.4) is 0 Å². The molecule has 43 heavy (non-hydrogen) atoms. The Morgan fingerprint density at radius 1 is 0.628 bits per heavy atom. The van der Waals surface area contributed by atoms with E-state index in [1.807, 2.05) is 91.0 Å². The monoisotopic (exact) mass is 563 g/mol. The Labute approximate surface area is 255 Å². The van der Waals surface area contributed by atoms with E-state index in [-0.39, 0.29) is 5.92 Å². The highest BCUT2D eigenvalue weighted by molar-refractivity contribution is 5.32. The van der Waals surface area contributed by atoms with Crippen LogP contribution in [0.5, 0.6) is 0 Å². The molecule has 7 heteroatoms. The van der Waals surface area contributed by atoms with E-state index in [9.17, 15) is 5.26 Å². The molecule has 0 aliphatic carbocycles. The summed E-state index contributed by atoms with van der Waals surface area (Å²) in [6, 6.07) is 43.2. The Morgan fingerprint density at radius 2 is 1.09 bits per heavy atom. The lowest BCUT2D eigenvalue weighted by Crippen LogP contribution is -2.23. The first kappa shape index (κ1) is 36.8. The number of hydrogen-bond acceptors (Lipinski definition) is 7. The minimum Gasteiger partial charge on any atom is -0.198 e. The van der Waals surface area contributed by atoms with Gasteiger partial charge in [-0.1, -0.05) is 97.6 Å². The molecule has 1 atom stereocenters. The van der Waals surface area contributed by atoms with Crippen LogP contribution in [0, 0.1) is 79.3 Å². The molecule has 0 radical (unpaired) electrons. The third-order valence-corrected chi connectivity index (χ3v) is 5.99. The van der Waals surface area contributed by atoms with Gasteiger partial charge in [0.15, 0.2) is 0 Å². The third-order valence-electron chi connectivity index (χ3n) is 5.99. The molecule has 1 unspecified atom stereocenters. The van der Waals surface area contributed by atoms with Crippen LogP contribution in [0.2, 0.25) is 0 Å². The molecule has 0 bridgehead atoms. The van der Waals surface area contributed by atoms with Gasteiger partial charge in [0.05, 0.1) is 60.2 Å². The fourth-order valence-electron chi connectivity index (χ4n) is 3.77. The molecule has 0 spiro atoms. The normalized spacial score (nSPS) is 9.42. The second-order valence-corrected chi connectivity index (χ2v) is 8.82. The number of benzene rings is 3. The van der Waals surface area contributed by atoms with Gasteiger partial charge in [0, 0.05) is 25.3 Å². The van der Waals surface area contributed by atoms with Crippen molar-refractivity contribution in [3.63, 3.8) is 0 Å². The lowest BCUT2D eigenvalue weighted by molar-refractivity contribution is 0.477. The van der Waals surface area contributed by atoms with E-state index in [1.165, 1.54) is 6.08 Å². The maximum Gasteiger partial charge on any atom is 0.0905 e. The van der Waals surface area contributed by atoms with Crippen LogP contribution in [0.15, 0.2) is 104 Å². The van der Waals surface area contributed by atoms with Crippen LogP contribution in [-0.2, 0) is 11.8 Å². The third kappa shape index (κ3) is 15.9. The summed E-state index contributed by atoms with van der Waals surface area (Å²) in [7, 11) is 0. The molecule has 0 heterocycles. The summed E-state index contributed by atoms with van der Waals surface area (Å²) in [6.07, 6.45) is 4.37. The van der Waals surface area contributed by atoms with E-state index in [1.54, 1.807) is 6.07 Å². The fourth-order valence-corrected chi connectivity index (χ4v) is 3.77. The summed E-state index contributed by atoms with van der Waals surface area (Å²) in [5.41, 5.74) is 2.28. The van der Waals surface area contributed by atoms with Crippen molar-refractivity contribution in [3.8, 4) is 42.5 Å². The molecule has 212 valence electrons. The number of hydrogen-bond donors (Lipinski definition) is 0. The molecule has 3 aromatic rings. The predicted molar refractivity (Wildman–Crippen MR) is 165 cm³/mol. The minimum absolute atomic E-state index is 0.138. The molecule has 0 aliphatic rings. The minimum atomic E-state index is -0.702. The van der Waals surface area contributed by atoms with Gasteiger partial charge in [-0.05, 0) is 36.0 Å². The molecular formula is C36H33N7. The average Bonchev–Trinajstić information content (AvgIpc) is 3.08. The van der Waals surface area contributed by atoms with Crippen LogP contribution >= 0.6 is 0 Å². The first-order chi connectivity index (χ1) is 21.0. The van der Waals surface area contributed by atoms with Gasteiger partial charge in [-0.25, -0.2) is 0 Å². The molecule has 0 N–H and O–H groups in total. The van der Waals surface area contributed by atoms with Crippen molar-refractivity contribution in [2.75, 3.05) is 0 Å². The lowest BCUT2D eigenvalue weighted by Gasteiger charge is -2.25. The van der Waals surface area contributed by atoms with Gasteiger partial charge in [0.2, 0.25) is 0 Å². The molecule has 0 amide bonds. The summed E-state index contributed by atoms with van der Waals surface area (Å²) in [5, 5.41) is 59.8. The van der Waals surface area contributed by atoms with E-state index in [0.717, 1.165) is 16.7 Å². The summed E-state index contributed by atoms with van der Waals surface area (Å²) in [4.78, 5) is 0. The molecule has 0 aromatic heterocycles. The van der Waals surface area contributed by atoms with Crippen molar-refractivity contribution in [2.24, 2.45) is 0 Å². The maximum atomic E-state index is 9.41. The van der Waals surface area contributed by atoms with Gasteiger partial charge in [-0.2, -0.15) is 36.8 Å². The van der Waals surface area contributed by atoms with Gasteiger partial charge in [0.1, 0.15) is 0 Å². The average molecular weight is 564 g/mol. The topological polar surface area (TPSA) is 167 Å². The highest BCUT2D eigenvalue weighted by atomic mass is 14.4. The first-order valence-electron chi connectivity index (χ1n) is 13.5. The molecule has 3 aromatic carbocycles. The summed E-state index contributed by atoms with van der Waals surface area (Å²) < 4.78 is 0. The Kier molecular flexibility index (Phi) is 21.3.